The molecule has 1 aromatic heterocycles. The Hall–Kier alpha value is -2.53. The number of nitrogens with zero attached hydrogens (tertiary/aromatic N) is 3. The summed E-state index contributed by atoms with van der Waals surface area (Å²) < 4.78 is 26.4. The van der Waals surface area contributed by atoms with Crippen molar-refractivity contribution in [1.82, 2.24) is 9.88 Å². The Balaban J connectivity index is 1.45. The lowest BCUT2D eigenvalue weighted by Gasteiger charge is -2.35. The summed E-state index contributed by atoms with van der Waals surface area (Å²) in [7, 11) is 0. The smallest absolute Gasteiger partial charge is 0.159 e. The standard InChI is InChI=1S/C20H19F2N3/c21-18-6-5-15(13-19(18)22)14-24-9-11-25(12-10-24)20-17-4-2-1-3-16(17)7-8-23-20/h1-8,13H,9-12,14H2. The summed E-state index contributed by atoms with van der Waals surface area (Å²) in [6, 6.07) is 14.4. The van der Waals surface area contributed by atoms with Crippen LogP contribution in [-0.4, -0.2) is 36.1 Å². The predicted molar refractivity (Wildman–Crippen MR) is 95.6 cm³/mol. The average Bonchev–Trinajstić information content (AvgIpc) is 2.65. The number of piperazine rings is 1. The van der Waals surface area contributed by atoms with Crippen molar-refractivity contribution in [2.45, 2.75) is 6.54 Å². The Morgan fingerprint density at radius 1 is 0.880 bits per heavy atom. The molecule has 3 nitrogen and oxygen atoms in total. The van der Waals surface area contributed by atoms with Gasteiger partial charge < -0.3 is 4.90 Å². The quantitative estimate of drug-likeness (QED) is 0.723. The highest BCUT2D eigenvalue weighted by Gasteiger charge is 2.20. The van der Waals surface area contributed by atoms with Gasteiger partial charge in [-0.05, 0) is 29.1 Å². The number of benzene rings is 2. The van der Waals surface area contributed by atoms with E-state index in [4.69, 9.17) is 0 Å². The van der Waals surface area contributed by atoms with Gasteiger partial charge in [-0.2, -0.15) is 0 Å². The minimum atomic E-state index is -0.796. The maximum Gasteiger partial charge on any atom is 0.159 e. The Morgan fingerprint density at radius 3 is 2.48 bits per heavy atom. The van der Waals surface area contributed by atoms with Gasteiger partial charge in [-0.1, -0.05) is 30.3 Å². The van der Waals surface area contributed by atoms with Crippen molar-refractivity contribution in [2.24, 2.45) is 0 Å². The molecule has 128 valence electrons. The molecule has 3 aromatic rings. The summed E-state index contributed by atoms with van der Waals surface area (Å²) in [5, 5.41) is 2.36. The molecule has 1 aliphatic heterocycles. The molecule has 1 aliphatic rings. The zero-order valence-electron chi connectivity index (χ0n) is 13.8. The normalized spacial score (nSPS) is 15.7. The molecule has 0 unspecified atom stereocenters. The third-order valence-electron chi connectivity index (χ3n) is 4.71. The Bertz CT molecular complexity index is 884. The molecule has 0 radical (unpaired) electrons. The van der Waals surface area contributed by atoms with Crippen LogP contribution in [0.2, 0.25) is 0 Å². The van der Waals surface area contributed by atoms with Crippen LogP contribution in [0.3, 0.4) is 0 Å². The number of fused-ring (bicyclic) bond motifs is 1. The second-order valence-corrected chi connectivity index (χ2v) is 6.37. The minimum absolute atomic E-state index is 0.633. The van der Waals surface area contributed by atoms with Crippen molar-refractivity contribution in [1.29, 1.82) is 0 Å². The molecule has 0 N–H and O–H groups in total. The van der Waals surface area contributed by atoms with Crippen LogP contribution in [0, 0.1) is 11.6 Å². The van der Waals surface area contributed by atoms with Gasteiger partial charge in [-0.25, -0.2) is 13.8 Å². The van der Waals surface area contributed by atoms with Crippen LogP contribution >= 0.6 is 0 Å². The second-order valence-electron chi connectivity index (χ2n) is 6.37. The lowest BCUT2D eigenvalue weighted by molar-refractivity contribution is 0.249. The van der Waals surface area contributed by atoms with Crippen molar-refractivity contribution in [3.63, 3.8) is 0 Å². The van der Waals surface area contributed by atoms with Gasteiger partial charge in [0, 0.05) is 44.3 Å². The van der Waals surface area contributed by atoms with Crippen molar-refractivity contribution in [3.8, 4) is 0 Å². The number of hydrogen-bond acceptors (Lipinski definition) is 3. The van der Waals surface area contributed by atoms with E-state index in [2.05, 4.69) is 26.9 Å². The van der Waals surface area contributed by atoms with Crippen LogP contribution in [0.4, 0.5) is 14.6 Å². The highest BCUT2D eigenvalue weighted by molar-refractivity contribution is 5.92. The number of halogens is 2. The largest absolute Gasteiger partial charge is 0.354 e. The van der Waals surface area contributed by atoms with E-state index in [1.165, 1.54) is 22.9 Å². The fraction of sp³-hybridized carbons (Fsp3) is 0.250. The van der Waals surface area contributed by atoms with Crippen molar-refractivity contribution < 1.29 is 8.78 Å². The van der Waals surface area contributed by atoms with E-state index in [9.17, 15) is 8.78 Å². The Labute approximate surface area is 145 Å². The van der Waals surface area contributed by atoms with E-state index in [1.807, 2.05) is 24.4 Å². The summed E-state index contributed by atoms with van der Waals surface area (Å²) in [4.78, 5) is 9.13. The first kappa shape index (κ1) is 16.0. The summed E-state index contributed by atoms with van der Waals surface area (Å²) in [5.41, 5.74) is 0.802. The molecule has 1 fully saturated rings. The molecular weight excluding hydrogens is 320 g/mol. The highest BCUT2D eigenvalue weighted by Crippen LogP contribution is 2.25. The first-order chi connectivity index (χ1) is 12.2. The molecule has 0 amide bonds. The van der Waals surface area contributed by atoms with Gasteiger partial charge in [0.15, 0.2) is 11.6 Å². The monoisotopic (exact) mass is 339 g/mol. The first-order valence-electron chi connectivity index (χ1n) is 8.46. The SMILES string of the molecule is Fc1ccc(CN2CCN(c3nccc4ccccc34)CC2)cc1F. The summed E-state index contributed by atoms with van der Waals surface area (Å²) in [6.07, 6.45) is 1.85. The molecule has 1 saturated heterocycles. The summed E-state index contributed by atoms with van der Waals surface area (Å²) in [5.74, 6) is -0.558. The second kappa shape index (κ2) is 6.76. The lowest BCUT2D eigenvalue weighted by atomic mass is 10.1. The fourth-order valence-corrected chi connectivity index (χ4v) is 3.37. The zero-order chi connectivity index (χ0) is 17.2. The van der Waals surface area contributed by atoms with Gasteiger partial charge in [-0.15, -0.1) is 0 Å². The molecule has 0 spiro atoms. The average molecular weight is 339 g/mol. The van der Waals surface area contributed by atoms with Crippen LogP contribution in [0.1, 0.15) is 5.56 Å². The highest BCUT2D eigenvalue weighted by atomic mass is 19.2. The van der Waals surface area contributed by atoms with Crippen LogP contribution in [0.25, 0.3) is 10.8 Å². The van der Waals surface area contributed by atoms with E-state index in [1.54, 1.807) is 6.07 Å². The third kappa shape index (κ3) is 3.33. The van der Waals surface area contributed by atoms with Gasteiger partial charge in [0.05, 0.1) is 0 Å². The molecule has 25 heavy (non-hydrogen) atoms. The van der Waals surface area contributed by atoms with E-state index in [-0.39, 0.29) is 0 Å². The van der Waals surface area contributed by atoms with Gasteiger partial charge in [0.2, 0.25) is 0 Å². The number of anilines is 1. The molecule has 5 heteroatoms. The number of rotatable bonds is 3. The van der Waals surface area contributed by atoms with E-state index in [0.717, 1.165) is 37.6 Å². The van der Waals surface area contributed by atoms with Crippen LogP contribution in [0.5, 0.6) is 0 Å². The zero-order valence-corrected chi connectivity index (χ0v) is 13.8. The predicted octanol–water partition coefficient (Wildman–Crippen LogP) is 3.84. The molecule has 4 rings (SSSR count). The van der Waals surface area contributed by atoms with Gasteiger partial charge in [-0.3, -0.25) is 4.90 Å². The van der Waals surface area contributed by atoms with Crippen LogP contribution < -0.4 is 4.90 Å². The Morgan fingerprint density at radius 2 is 1.68 bits per heavy atom. The van der Waals surface area contributed by atoms with E-state index < -0.39 is 11.6 Å². The summed E-state index contributed by atoms with van der Waals surface area (Å²) >= 11 is 0. The fourth-order valence-electron chi connectivity index (χ4n) is 3.37. The molecular formula is C20H19F2N3. The molecule has 2 aromatic carbocycles. The number of pyridine rings is 1. The maximum atomic E-state index is 13.4. The van der Waals surface area contributed by atoms with E-state index >= 15 is 0 Å². The topological polar surface area (TPSA) is 19.4 Å². The first-order valence-corrected chi connectivity index (χ1v) is 8.46. The maximum absolute atomic E-state index is 13.4. The van der Waals surface area contributed by atoms with Crippen LogP contribution in [-0.2, 0) is 6.54 Å². The molecule has 0 aliphatic carbocycles. The molecule has 2 heterocycles. The minimum Gasteiger partial charge on any atom is -0.354 e. The van der Waals surface area contributed by atoms with Crippen LogP contribution in [0.15, 0.2) is 54.7 Å². The lowest BCUT2D eigenvalue weighted by Crippen LogP contribution is -2.46. The van der Waals surface area contributed by atoms with Gasteiger partial charge in [0.25, 0.3) is 0 Å². The van der Waals surface area contributed by atoms with E-state index in [0.29, 0.717) is 6.54 Å². The van der Waals surface area contributed by atoms with Crippen molar-refractivity contribution >= 4 is 16.6 Å². The van der Waals surface area contributed by atoms with Gasteiger partial charge in [0.1, 0.15) is 5.82 Å². The number of hydrogen-bond donors (Lipinski definition) is 0. The molecule has 0 saturated carbocycles. The van der Waals surface area contributed by atoms with Crippen molar-refractivity contribution in [3.05, 3.63) is 71.9 Å². The van der Waals surface area contributed by atoms with Crippen molar-refractivity contribution in [2.75, 3.05) is 31.1 Å². The van der Waals surface area contributed by atoms with Gasteiger partial charge >= 0.3 is 0 Å². The molecule has 0 atom stereocenters. The Kier molecular flexibility index (Phi) is 4.32. The third-order valence-corrected chi connectivity index (χ3v) is 4.71. The summed E-state index contributed by atoms with van der Waals surface area (Å²) in [6.45, 7) is 4.09. The number of aromatic nitrogens is 1. The molecule has 0 bridgehead atoms.